The van der Waals surface area contributed by atoms with Crippen molar-refractivity contribution >= 4 is 11.0 Å². The van der Waals surface area contributed by atoms with Crippen LogP contribution in [-0.2, 0) is 5.41 Å². The van der Waals surface area contributed by atoms with Crippen molar-refractivity contribution in [2.24, 2.45) is 0 Å². The van der Waals surface area contributed by atoms with E-state index < -0.39 is 5.41 Å². The van der Waals surface area contributed by atoms with E-state index in [1.165, 1.54) is 27.8 Å². The Kier molecular flexibility index (Phi) is 6.13. The van der Waals surface area contributed by atoms with Crippen LogP contribution in [0.25, 0.3) is 78.5 Å². The van der Waals surface area contributed by atoms with Crippen molar-refractivity contribution < 1.29 is 4.42 Å². The molecule has 11 rings (SSSR count). The summed E-state index contributed by atoms with van der Waals surface area (Å²) < 4.78 is 6.95. The third-order valence-electron chi connectivity index (χ3n) is 10.7. The van der Waals surface area contributed by atoms with Crippen LogP contribution < -0.4 is 0 Å². The minimum atomic E-state index is -0.630. The first-order chi connectivity index (χ1) is 25.8. The van der Waals surface area contributed by atoms with Gasteiger partial charge in [-0.15, -0.1) is 0 Å². The lowest BCUT2D eigenvalue weighted by atomic mass is 9.73. The number of rotatable bonds is 4. The molecule has 7 aromatic carbocycles. The zero-order valence-corrected chi connectivity index (χ0v) is 28.0. The van der Waals surface area contributed by atoms with Gasteiger partial charge in [-0.05, 0) is 56.6 Å². The Bertz CT molecular complexity index is 2860. The molecule has 0 aliphatic heterocycles. The van der Waals surface area contributed by atoms with Crippen molar-refractivity contribution in [3.63, 3.8) is 0 Å². The van der Waals surface area contributed by atoms with Crippen LogP contribution in [0.2, 0.25) is 0 Å². The van der Waals surface area contributed by atoms with E-state index in [4.69, 9.17) is 19.4 Å². The maximum Gasteiger partial charge on any atom is 0.164 e. The molecule has 0 fully saturated rings. The van der Waals surface area contributed by atoms with Gasteiger partial charge in [0.2, 0.25) is 0 Å². The summed E-state index contributed by atoms with van der Waals surface area (Å²) in [5.41, 5.74) is 13.6. The molecule has 0 amide bonds. The third-order valence-corrected chi connectivity index (χ3v) is 10.7. The van der Waals surface area contributed by atoms with Crippen molar-refractivity contribution in [3.8, 4) is 67.5 Å². The van der Waals surface area contributed by atoms with Gasteiger partial charge in [-0.1, -0.05) is 164 Å². The number of fused-ring (bicyclic) bond motifs is 12. The summed E-state index contributed by atoms with van der Waals surface area (Å²) in [4.78, 5) is 15.6. The summed E-state index contributed by atoms with van der Waals surface area (Å²) >= 11 is 0. The highest BCUT2D eigenvalue weighted by Crippen LogP contribution is 2.65. The number of hydrogen-bond donors (Lipinski definition) is 0. The van der Waals surface area contributed by atoms with E-state index in [1.807, 2.05) is 30.3 Å². The van der Waals surface area contributed by atoms with Gasteiger partial charge in [0.25, 0.3) is 0 Å². The van der Waals surface area contributed by atoms with Gasteiger partial charge in [-0.2, -0.15) is 0 Å². The molecule has 2 aliphatic rings. The molecule has 9 aromatic rings. The molecule has 0 saturated heterocycles. The van der Waals surface area contributed by atoms with Crippen LogP contribution in [0.5, 0.6) is 0 Å². The maximum atomic E-state index is 6.95. The molecule has 0 saturated carbocycles. The largest absolute Gasteiger partial charge is 0.459 e. The fourth-order valence-corrected chi connectivity index (χ4v) is 8.59. The zero-order chi connectivity index (χ0) is 34.2. The van der Waals surface area contributed by atoms with E-state index in [1.54, 1.807) is 0 Å². The molecule has 0 bridgehead atoms. The summed E-state index contributed by atoms with van der Waals surface area (Å²) in [6.07, 6.45) is 0. The molecule has 1 unspecified atom stereocenters. The van der Waals surface area contributed by atoms with E-state index in [0.717, 1.165) is 55.7 Å². The molecule has 1 atom stereocenters. The lowest BCUT2D eigenvalue weighted by Crippen LogP contribution is -2.25. The second kappa shape index (κ2) is 11.0. The standard InChI is InChI=1S/C48H29N3O/c1-3-15-30(16-4-1)32-19-13-20-33(29-32)46-49-45(31-17-5-2-6-18-31)50-47(51-46)37-24-14-27-40-42(37)34-21-7-10-25-38(34)48(40)39-26-11-8-22-35(39)43-36-23-9-12-28-41(36)52-44(43)48/h1-29H. The highest BCUT2D eigenvalue weighted by Gasteiger charge is 2.55. The zero-order valence-electron chi connectivity index (χ0n) is 28.0. The molecule has 4 heteroatoms. The fraction of sp³-hybridized carbons (Fsp3) is 0.0208. The highest BCUT2D eigenvalue weighted by molar-refractivity contribution is 6.05. The first kappa shape index (κ1) is 28.9. The molecule has 0 N–H and O–H groups in total. The van der Waals surface area contributed by atoms with E-state index in [2.05, 4.69) is 146 Å². The number of para-hydroxylation sites is 1. The first-order valence-corrected chi connectivity index (χ1v) is 17.6. The Labute approximate surface area is 300 Å². The van der Waals surface area contributed by atoms with Crippen molar-refractivity contribution in [2.45, 2.75) is 5.41 Å². The fourth-order valence-electron chi connectivity index (χ4n) is 8.59. The third kappa shape index (κ3) is 4.00. The van der Waals surface area contributed by atoms with E-state index in [9.17, 15) is 0 Å². The van der Waals surface area contributed by atoms with E-state index in [-0.39, 0.29) is 0 Å². The SMILES string of the molecule is c1ccc(-c2cccc(-c3nc(-c4ccccc4)nc(-c4cccc5c4-c4ccccc4C54c5ccccc5-c5c4oc4ccccc54)n3)c2)cc1. The summed E-state index contributed by atoms with van der Waals surface area (Å²) in [6, 6.07) is 61.6. The van der Waals surface area contributed by atoms with Gasteiger partial charge in [0, 0.05) is 27.6 Å². The molecule has 1 spiro atoms. The molecule has 4 nitrogen and oxygen atoms in total. The van der Waals surface area contributed by atoms with Crippen LogP contribution >= 0.6 is 0 Å². The molecule has 2 aromatic heterocycles. The molecular formula is C48H29N3O. The van der Waals surface area contributed by atoms with Gasteiger partial charge < -0.3 is 4.42 Å². The van der Waals surface area contributed by atoms with Crippen molar-refractivity contribution in [3.05, 3.63) is 198 Å². The Morgan fingerprint density at radius 2 is 0.885 bits per heavy atom. The van der Waals surface area contributed by atoms with Crippen molar-refractivity contribution in [1.29, 1.82) is 0 Å². The number of hydrogen-bond acceptors (Lipinski definition) is 4. The van der Waals surface area contributed by atoms with Crippen LogP contribution in [0.3, 0.4) is 0 Å². The van der Waals surface area contributed by atoms with Gasteiger partial charge >= 0.3 is 0 Å². The van der Waals surface area contributed by atoms with E-state index in [0.29, 0.717) is 17.5 Å². The van der Waals surface area contributed by atoms with Crippen LogP contribution in [0.4, 0.5) is 0 Å². The van der Waals surface area contributed by atoms with Crippen molar-refractivity contribution in [1.82, 2.24) is 15.0 Å². The summed E-state index contributed by atoms with van der Waals surface area (Å²) in [6.45, 7) is 0. The Morgan fingerprint density at radius 1 is 0.365 bits per heavy atom. The molecule has 242 valence electrons. The lowest BCUT2D eigenvalue weighted by molar-refractivity contribution is 0.507. The van der Waals surface area contributed by atoms with Crippen molar-refractivity contribution in [2.75, 3.05) is 0 Å². The molecular weight excluding hydrogens is 635 g/mol. The minimum absolute atomic E-state index is 0.630. The predicted octanol–water partition coefficient (Wildman–Crippen LogP) is 11.6. The average molecular weight is 664 g/mol. The summed E-state index contributed by atoms with van der Waals surface area (Å²) in [5.74, 6) is 2.87. The summed E-state index contributed by atoms with van der Waals surface area (Å²) in [5, 5.41) is 1.14. The van der Waals surface area contributed by atoms with Gasteiger partial charge in [0.1, 0.15) is 16.8 Å². The number of nitrogens with zero attached hydrogens (tertiary/aromatic N) is 3. The lowest BCUT2D eigenvalue weighted by Gasteiger charge is -2.28. The van der Waals surface area contributed by atoms with Gasteiger partial charge in [-0.3, -0.25) is 0 Å². The second-order valence-corrected chi connectivity index (χ2v) is 13.5. The van der Waals surface area contributed by atoms with Crippen LogP contribution in [0.1, 0.15) is 22.5 Å². The number of benzene rings is 7. The number of aromatic nitrogens is 3. The number of furan rings is 1. The smallest absolute Gasteiger partial charge is 0.164 e. The Balaban J connectivity index is 1.19. The maximum absolute atomic E-state index is 6.95. The monoisotopic (exact) mass is 663 g/mol. The normalized spacial score (nSPS) is 15.0. The highest BCUT2D eigenvalue weighted by atomic mass is 16.3. The molecule has 2 heterocycles. The van der Waals surface area contributed by atoms with Crippen LogP contribution in [0, 0.1) is 0 Å². The van der Waals surface area contributed by atoms with Crippen LogP contribution in [-0.4, -0.2) is 15.0 Å². The molecule has 52 heavy (non-hydrogen) atoms. The van der Waals surface area contributed by atoms with E-state index >= 15 is 0 Å². The Morgan fingerprint density at radius 3 is 1.65 bits per heavy atom. The topological polar surface area (TPSA) is 51.8 Å². The first-order valence-electron chi connectivity index (χ1n) is 17.6. The van der Waals surface area contributed by atoms with Crippen LogP contribution in [0.15, 0.2) is 180 Å². The quantitative estimate of drug-likeness (QED) is 0.188. The molecule has 0 radical (unpaired) electrons. The Hall–Kier alpha value is -6.91. The second-order valence-electron chi connectivity index (χ2n) is 13.5. The average Bonchev–Trinajstić information content (AvgIpc) is 3.85. The van der Waals surface area contributed by atoms with Gasteiger partial charge in [-0.25, -0.2) is 15.0 Å². The minimum Gasteiger partial charge on any atom is -0.459 e. The predicted molar refractivity (Wildman–Crippen MR) is 208 cm³/mol. The van der Waals surface area contributed by atoms with Gasteiger partial charge in [0.15, 0.2) is 17.5 Å². The van der Waals surface area contributed by atoms with Gasteiger partial charge in [0.05, 0.1) is 0 Å². The molecule has 2 aliphatic carbocycles. The summed E-state index contributed by atoms with van der Waals surface area (Å²) in [7, 11) is 0.